The van der Waals surface area contributed by atoms with E-state index in [2.05, 4.69) is 16.0 Å². The lowest BCUT2D eigenvalue weighted by Crippen LogP contribution is -2.45. The number of anilines is 1. The molecule has 7 heteroatoms. The summed E-state index contributed by atoms with van der Waals surface area (Å²) in [5, 5.41) is 9.33. The lowest BCUT2D eigenvalue weighted by atomic mass is 9.95. The van der Waals surface area contributed by atoms with Gasteiger partial charge in [-0.25, -0.2) is 4.39 Å². The number of hydrogen-bond donors (Lipinski definition) is 3. The predicted molar refractivity (Wildman–Crippen MR) is 102 cm³/mol. The third kappa shape index (κ3) is 3.83. The van der Waals surface area contributed by atoms with Crippen molar-refractivity contribution in [2.24, 2.45) is 0 Å². The number of amides is 1. The van der Waals surface area contributed by atoms with Gasteiger partial charge in [0.1, 0.15) is 11.6 Å². The SMILES string of the molecule is COc1ccc(NC(=O)C2=C(C)NC(=S)N[C@@H]2c2ccc(F)cc2)cc1. The summed E-state index contributed by atoms with van der Waals surface area (Å²) in [5.74, 6) is 0.0913. The number of nitrogens with one attached hydrogen (secondary N) is 3. The average Bonchev–Trinajstić information content (AvgIpc) is 2.62. The van der Waals surface area contributed by atoms with Gasteiger partial charge in [0, 0.05) is 11.4 Å². The molecular formula is C19H18FN3O2S. The molecule has 26 heavy (non-hydrogen) atoms. The Kier molecular flexibility index (Phi) is 5.18. The van der Waals surface area contributed by atoms with E-state index in [0.717, 1.165) is 5.56 Å². The van der Waals surface area contributed by atoms with Gasteiger partial charge in [0.15, 0.2) is 5.11 Å². The van der Waals surface area contributed by atoms with Gasteiger partial charge < -0.3 is 20.7 Å². The minimum atomic E-state index is -0.470. The number of thiocarbonyl (C=S) groups is 1. The van der Waals surface area contributed by atoms with Crippen LogP contribution < -0.4 is 20.7 Å². The fraction of sp³-hybridized carbons (Fsp3) is 0.158. The third-order valence-corrected chi connectivity index (χ3v) is 4.28. The number of benzene rings is 2. The quantitative estimate of drug-likeness (QED) is 0.720. The normalized spacial score (nSPS) is 16.6. The van der Waals surface area contributed by atoms with E-state index in [4.69, 9.17) is 17.0 Å². The highest BCUT2D eigenvalue weighted by atomic mass is 32.1. The predicted octanol–water partition coefficient (Wildman–Crippen LogP) is 3.27. The van der Waals surface area contributed by atoms with Crippen molar-refractivity contribution in [3.63, 3.8) is 0 Å². The third-order valence-electron chi connectivity index (χ3n) is 4.06. The van der Waals surface area contributed by atoms with Crippen LogP contribution in [-0.2, 0) is 4.79 Å². The van der Waals surface area contributed by atoms with Crippen LogP contribution in [0.1, 0.15) is 18.5 Å². The van der Waals surface area contributed by atoms with Gasteiger partial charge in [-0.2, -0.15) is 0 Å². The Labute approximate surface area is 156 Å². The molecule has 1 aliphatic heterocycles. The Bertz CT molecular complexity index is 863. The second-order valence-corrected chi connectivity index (χ2v) is 6.21. The van der Waals surface area contributed by atoms with Gasteiger partial charge in [0.05, 0.1) is 18.7 Å². The molecule has 0 aromatic heterocycles. The number of halogens is 1. The van der Waals surface area contributed by atoms with Crippen molar-refractivity contribution in [2.45, 2.75) is 13.0 Å². The van der Waals surface area contributed by atoms with E-state index < -0.39 is 6.04 Å². The molecule has 3 N–H and O–H groups in total. The van der Waals surface area contributed by atoms with Crippen molar-refractivity contribution in [1.29, 1.82) is 0 Å². The van der Waals surface area contributed by atoms with E-state index in [1.54, 1.807) is 50.4 Å². The zero-order chi connectivity index (χ0) is 18.7. The molecule has 1 aliphatic rings. The lowest BCUT2D eigenvalue weighted by molar-refractivity contribution is -0.113. The number of ether oxygens (including phenoxy) is 1. The zero-order valence-corrected chi connectivity index (χ0v) is 15.1. The summed E-state index contributed by atoms with van der Waals surface area (Å²) in [6, 6.07) is 12.6. The van der Waals surface area contributed by atoms with Crippen LogP contribution in [0.3, 0.4) is 0 Å². The van der Waals surface area contributed by atoms with Gasteiger partial charge in [-0.05, 0) is 61.1 Å². The van der Waals surface area contributed by atoms with Gasteiger partial charge in [-0.15, -0.1) is 0 Å². The highest BCUT2D eigenvalue weighted by molar-refractivity contribution is 7.80. The largest absolute Gasteiger partial charge is 0.497 e. The molecular weight excluding hydrogens is 353 g/mol. The molecule has 0 bridgehead atoms. The standard InChI is InChI=1S/C19H18FN3O2S/c1-11-16(18(24)22-14-7-9-15(25-2)10-8-14)17(23-19(26)21-11)12-3-5-13(20)6-4-12/h3-10,17H,1-2H3,(H,22,24)(H2,21,23,26)/t17-/m1/s1. The van der Waals surface area contributed by atoms with Gasteiger partial charge in [-0.1, -0.05) is 12.1 Å². The van der Waals surface area contributed by atoms with Crippen molar-refractivity contribution in [3.05, 3.63) is 71.2 Å². The van der Waals surface area contributed by atoms with Crippen molar-refractivity contribution in [1.82, 2.24) is 10.6 Å². The summed E-state index contributed by atoms with van der Waals surface area (Å²) in [5.41, 5.74) is 2.52. The molecule has 134 valence electrons. The number of carbonyl (C=O) groups excluding carboxylic acids is 1. The molecule has 0 saturated carbocycles. The number of rotatable bonds is 4. The van der Waals surface area contributed by atoms with Crippen LogP contribution in [0.25, 0.3) is 0 Å². The summed E-state index contributed by atoms with van der Waals surface area (Å²) in [6.07, 6.45) is 0. The Morgan fingerprint density at radius 2 is 1.81 bits per heavy atom. The van der Waals surface area contributed by atoms with Gasteiger partial charge >= 0.3 is 0 Å². The Morgan fingerprint density at radius 3 is 2.42 bits per heavy atom. The molecule has 2 aromatic carbocycles. The van der Waals surface area contributed by atoms with Crippen LogP contribution in [-0.4, -0.2) is 18.1 Å². The highest BCUT2D eigenvalue weighted by Crippen LogP contribution is 2.28. The first-order valence-electron chi connectivity index (χ1n) is 7.97. The molecule has 1 amide bonds. The summed E-state index contributed by atoms with van der Waals surface area (Å²) < 4.78 is 18.4. The minimum absolute atomic E-state index is 0.274. The maximum atomic E-state index is 13.3. The zero-order valence-electron chi connectivity index (χ0n) is 14.3. The molecule has 2 aromatic rings. The lowest BCUT2D eigenvalue weighted by Gasteiger charge is -2.30. The molecule has 1 heterocycles. The molecule has 3 rings (SSSR count). The van der Waals surface area contributed by atoms with Crippen LogP contribution >= 0.6 is 12.2 Å². The number of hydrogen-bond acceptors (Lipinski definition) is 3. The Hall–Kier alpha value is -2.93. The van der Waals surface area contributed by atoms with E-state index in [0.29, 0.717) is 27.8 Å². The Balaban J connectivity index is 1.89. The van der Waals surface area contributed by atoms with Crippen LogP contribution in [0, 0.1) is 5.82 Å². The van der Waals surface area contributed by atoms with Gasteiger partial charge in [0.25, 0.3) is 5.91 Å². The van der Waals surface area contributed by atoms with Crippen molar-refractivity contribution in [2.75, 3.05) is 12.4 Å². The monoisotopic (exact) mass is 371 g/mol. The molecule has 0 fully saturated rings. The van der Waals surface area contributed by atoms with E-state index in [1.165, 1.54) is 12.1 Å². The fourth-order valence-corrected chi connectivity index (χ4v) is 3.04. The minimum Gasteiger partial charge on any atom is -0.497 e. The molecule has 0 aliphatic carbocycles. The van der Waals surface area contributed by atoms with E-state index in [1.807, 2.05) is 0 Å². The van der Waals surface area contributed by atoms with Crippen molar-refractivity contribution < 1.29 is 13.9 Å². The summed E-state index contributed by atoms with van der Waals surface area (Å²) in [4.78, 5) is 12.9. The smallest absolute Gasteiger partial charge is 0.255 e. The molecule has 0 saturated heterocycles. The maximum Gasteiger partial charge on any atom is 0.255 e. The number of allylic oxidation sites excluding steroid dienone is 1. The number of carbonyl (C=O) groups is 1. The summed E-state index contributed by atoms with van der Waals surface area (Å²) >= 11 is 5.21. The molecule has 5 nitrogen and oxygen atoms in total. The second kappa shape index (κ2) is 7.53. The van der Waals surface area contributed by atoms with Crippen LogP contribution in [0.15, 0.2) is 59.8 Å². The fourth-order valence-electron chi connectivity index (χ4n) is 2.77. The second-order valence-electron chi connectivity index (χ2n) is 5.80. The van der Waals surface area contributed by atoms with Crippen molar-refractivity contribution in [3.8, 4) is 5.75 Å². The van der Waals surface area contributed by atoms with Crippen LogP contribution in [0.5, 0.6) is 5.75 Å². The first-order chi connectivity index (χ1) is 12.5. The van der Waals surface area contributed by atoms with E-state index in [9.17, 15) is 9.18 Å². The Morgan fingerprint density at radius 1 is 1.15 bits per heavy atom. The average molecular weight is 371 g/mol. The first-order valence-corrected chi connectivity index (χ1v) is 8.38. The van der Waals surface area contributed by atoms with Gasteiger partial charge in [0.2, 0.25) is 0 Å². The van der Waals surface area contributed by atoms with E-state index >= 15 is 0 Å². The summed E-state index contributed by atoms with van der Waals surface area (Å²) in [7, 11) is 1.58. The summed E-state index contributed by atoms with van der Waals surface area (Å²) in [6.45, 7) is 1.78. The first kappa shape index (κ1) is 17.9. The maximum absolute atomic E-state index is 13.3. The van der Waals surface area contributed by atoms with Crippen LogP contribution in [0.4, 0.5) is 10.1 Å². The molecule has 0 radical (unpaired) electrons. The topological polar surface area (TPSA) is 62.4 Å². The van der Waals surface area contributed by atoms with Crippen molar-refractivity contribution >= 4 is 28.9 Å². The highest BCUT2D eigenvalue weighted by Gasteiger charge is 2.29. The van der Waals surface area contributed by atoms with E-state index in [-0.39, 0.29) is 11.7 Å². The molecule has 1 atom stereocenters. The van der Waals surface area contributed by atoms with Gasteiger partial charge in [-0.3, -0.25) is 4.79 Å². The number of methoxy groups -OCH3 is 1. The molecule has 0 spiro atoms. The molecule has 0 unspecified atom stereocenters. The van der Waals surface area contributed by atoms with Crippen LogP contribution in [0.2, 0.25) is 0 Å².